The summed E-state index contributed by atoms with van der Waals surface area (Å²) in [7, 11) is 0. The predicted molar refractivity (Wildman–Crippen MR) is 63.1 cm³/mol. The van der Waals surface area contributed by atoms with Gasteiger partial charge in [-0.3, -0.25) is 9.59 Å². The standard InChI is InChI=1S/C11H14N4O3/c1-11(10(17)18)2-5-15(6-11)9-7(8(12)16)13-3-4-14-9/h3-4H,2,5-6H2,1H3,(H2,12,16)(H,17,18). The zero-order valence-corrected chi connectivity index (χ0v) is 9.96. The van der Waals surface area contributed by atoms with E-state index in [2.05, 4.69) is 9.97 Å². The van der Waals surface area contributed by atoms with Crippen molar-refractivity contribution in [2.24, 2.45) is 11.1 Å². The van der Waals surface area contributed by atoms with E-state index in [0.717, 1.165) is 0 Å². The summed E-state index contributed by atoms with van der Waals surface area (Å²) < 4.78 is 0. The van der Waals surface area contributed by atoms with Gasteiger partial charge in [0.1, 0.15) is 0 Å². The Balaban J connectivity index is 2.30. The number of anilines is 1. The molecule has 0 saturated carbocycles. The minimum absolute atomic E-state index is 0.0761. The molecule has 1 aliphatic heterocycles. The molecule has 1 unspecified atom stereocenters. The number of carboxylic acids is 1. The van der Waals surface area contributed by atoms with Crippen LogP contribution in [0.1, 0.15) is 23.8 Å². The smallest absolute Gasteiger partial charge is 0.311 e. The second-order valence-corrected chi connectivity index (χ2v) is 4.63. The van der Waals surface area contributed by atoms with Crippen LogP contribution < -0.4 is 10.6 Å². The van der Waals surface area contributed by atoms with Crippen molar-refractivity contribution in [3.8, 4) is 0 Å². The molecule has 1 saturated heterocycles. The number of nitrogens with two attached hydrogens (primary N) is 1. The van der Waals surface area contributed by atoms with E-state index in [-0.39, 0.29) is 5.69 Å². The maximum Gasteiger partial charge on any atom is 0.311 e. The third-order valence-corrected chi connectivity index (χ3v) is 3.20. The molecule has 1 atom stereocenters. The summed E-state index contributed by atoms with van der Waals surface area (Å²) in [4.78, 5) is 32.1. The normalized spacial score (nSPS) is 23.1. The number of hydrogen-bond donors (Lipinski definition) is 2. The Bertz CT molecular complexity index is 505. The molecule has 0 bridgehead atoms. The average Bonchev–Trinajstić information content (AvgIpc) is 2.73. The Morgan fingerprint density at radius 2 is 2.11 bits per heavy atom. The molecule has 1 aromatic heterocycles. The number of aromatic nitrogens is 2. The molecule has 0 aromatic carbocycles. The second-order valence-electron chi connectivity index (χ2n) is 4.63. The number of amides is 1. The van der Waals surface area contributed by atoms with Crippen molar-refractivity contribution in [2.45, 2.75) is 13.3 Å². The van der Waals surface area contributed by atoms with Gasteiger partial charge in [0.05, 0.1) is 5.41 Å². The second kappa shape index (κ2) is 4.25. The van der Waals surface area contributed by atoms with Crippen LogP contribution in [0.15, 0.2) is 12.4 Å². The molecule has 18 heavy (non-hydrogen) atoms. The van der Waals surface area contributed by atoms with Gasteiger partial charge in [0.25, 0.3) is 5.91 Å². The van der Waals surface area contributed by atoms with Crippen LogP contribution >= 0.6 is 0 Å². The third kappa shape index (κ3) is 1.99. The number of carboxylic acid groups (broad SMARTS) is 1. The van der Waals surface area contributed by atoms with Crippen LogP contribution in [0.4, 0.5) is 5.82 Å². The molecule has 7 heteroatoms. The molecule has 0 spiro atoms. The number of primary amides is 1. The van der Waals surface area contributed by atoms with Gasteiger partial charge >= 0.3 is 5.97 Å². The quantitative estimate of drug-likeness (QED) is 0.773. The summed E-state index contributed by atoms with van der Waals surface area (Å²) in [6.07, 6.45) is 3.34. The van der Waals surface area contributed by atoms with Crippen molar-refractivity contribution in [3.63, 3.8) is 0 Å². The molecule has 0 radical (unpaired) electrons. The molecule has 1 aromatic rings. The summed E-state index contributed by atoms with van der Waals surface area (Å²) in [5.74, 6) is -1.16. The number of rotatable bonds is 3. The third-order valence-electron chi connectivity index (χ3n) is 3.20. The van der Waals surface area contributed by atoms with Crippen molar-refractivity contribution < 1.29 is 14.7 Å². The van der Waals surface area contributed by atoms with Gasteiger partial charge in [-0.2, -0.15) is 0 Å². The van der Waals surface area contributed by atoms with E-state index >= 15 is 0 Å². The fourth-order valence-electron chi connectivity index (χ4n) is 2.05. The van der Waals surface area contributed by atoms with E-state index in [1.165, 1.54) is 12.4 Å². The van der Waals surface area contributed by atoms with Crippen LogP contribution in [-0.4, -0.2) is 40.0 Å². The Hall–Kier alpha value is -2.18. The van der Waals surface area contributed by atoms with Crippen molar-refractivity contribution >= 4 is 17.7 Å². The van der Waals surface area contributed by atoms with E-state index in [9.17, 15) is 9.59 Å². The van der Waals surface area contributed by atoms with Gasteiger partial charge in [-0.15, -0.1) is 0 Å². The number of aliphatic carboxylic acids is 1. The summed E-state index contributed by atoms with van der Waals surface area (Å²) in [5, 5.41) is 9.16. The Morgan fingerprint density at radius 3 is 2.67 bits per heavy atom. The lowest BCUT2D eigenvalue weighted by molar-refractivity contribution is -0.146. The van der Waals surface area contributed by atoms with Gasteiger partial charge in [0.15, 0.2) is 11.5 Å². The summed E-state index contributed by atoms with van der Waals surface area (Å²) in [6.45, 7) is 2.48. The maximum absolute atomic E-state index is 11.3. The first-order valence-corrected chi connectivity index (χ1v) is 5.53. The molecular formula is C11H14N4O3. The van der Waals surface area contributed by atoms with Crippen LogP contribution in [0.5, 0.6) is 0 Å². The minimum Gasteiger partial charge on any atom is -0.481 e. The van der Waals surface area contributed by atoms with Crippen LogP contribution in [0, 0.1) is 5.41 Å². The van der Waals surface area contributed by atoms with Crippen molar-refractivity contribution in [3.05, 3.63) is 18.1 Å². The molecule has 0 aliphatic carbocycles. The molecule has 3 N–H and O–H groups in total. The van der Waals surface area contributed by atoms with Crippen molar-refractivity contribution in [1.29, 1.82) is 0 Å². The Kier molecular flexibility index (Phi) is 2.90. The highest BCUT2D eigenvalue weighted by Gasteiger charge is 2.41. The van der Waals surface area contributed by atoms with E-state index in [1.807, 2.05) is 0 Å². The van der Waals surface area contributed by atoms with E-state index < -0.39 is 17.3 Å². The highest BCUT2D eigenvalue weighted by Crippen LogP contribution is 2.33. The SMILES string of the molecule is CC1(C(=O)O)CCN(c2nccnc2C(N)=O)C1. The van der Waals surface area contributed by atoms with Gasteiger partial charge < -0.3 is 15.7 Å². The van der Waals surface area contributed by atoms with Crippen LogP contribution in [0.25, 0.3) is 0 Å². The molecule has 96 valence electrons. The zero-order valence-electron chi connectivity index (χ0n) is 9.96. The maximum atomic E-state index is 11.3. The zero-order chi connectivity index (χ0) is 13.3. The predicted octanol–water partition coefficient (Wildman–Crippen LogP) is -0.124. The lowest BCUT2D eigenvalue weighted by Crippen LogP contribution is -2.33. The number of hydrogen-bond acceptors (Lipinski definition) is 5. The van der Waals surface area contributed by atoms with E-state index in [1.54, 1.807) is 11.8 Å². The Morgan fingerprint density at radius 1 is 1.44 bits per heavy atom. The highest BCUT2D eigenvalue weighted by atomic mass is 16.4. The molecule has 7 nitrogen and oxygen atoms in total. The van der Waals surface area contributed by atoms with Crippen molar-refractivity contribution in [1.82, 2.24) is 9.97 Å². The van der Waals surface area contributed by atoms with Crippen LogP contribution in [0.3, 0.4) is 0 Å². The van der Waals surface area contributed by atoms with Gasteiger partial charge in [0.2, 0.25) is 0 Å². The summed E-state index contributed by atoms with van der Waals surface area (Å²) in [5.41, 5.74) is 4.47. The summed E-state index contributed by atoms with van der Waals surface area (Å²) >= 11 is 0. The van der Waals surface area contributed by atoms with Gasteiger partial charge in [-0.05, 0) is 13.3 Å². The van der Waals surface area contributed by atoms with E-state index in [0.29, 0.717) is 25.3 Å². The lowest BCUT2D eigenvalue weighted by Gasteiger charge is -2.21. The molecular weight excluding hydrogens is 236 g/mol. The molecule has 2 heterocycles. The fourth-order valence-corrected chi connectivity index (χ4v) is 2.05. The minimum atomic E-state index is -0.852. The topological polar surface area (TPSA) is 109 Å². The molecule has 1 amide bonds. The van der Waals surface area contributed by atoms with Gasteiger partial charge in [-0.1, -0.05) is 0 Å². The van der Waals surface area contributed by atoms with Crippen LogP contribution in [-0.2, 0) is 4.79 Å². The number of nitrogens with zero attached hydrogens (tertiary/aromatic N) is 3. The van der Waals surface area contributed by atoms with Crippen LogP contribution in [0.2, 0.25) is 0 Å². The monoisotopic (exact) mass is 250 g/mol. The number of carbonyl (C=O) groups is 2. The first-order valence-electron chi connectivity index (χ1n) is 5.53. The van der Waals surface area contributed by atoms with Gasteiger partial charge in [0, 0.05) is 25.5 Å². The molecule has 1 fully saturated rings. The highest BCUT2D eigenvalue weighted by molar-refractivity contribution is 5.95. The molecule has 1 aliphatic rings. The largest absolute Gasteiger partial charge is 0.481 e. The van der Waals surface area contributed by atoms with Crippen molar-refractivity contribution in [2.75, 3.05) is 18.0 Å². The molecule has 2 rings (SSSR count). The first-order chi connectivity index (χ1) is 8.44. The number of carbonyl (C=O) groups excluding carboxylic acids is 1. The van der Waals surface area contributed by atoms with E-state index in [4.69, 9.17) is 10.8 Å². The Labute approximate surface area is 104 Å². The first kappa shape index (κ1) is 12.3. The average molecular weight is 250 g/mol. The summed E-state index contributed by atoms with van der Waals surface area (Å²) in [6, 6.07) is 0. The fraction of sp³-hybridized carbons (Fsp3) is 0.455. The lowest BCUT2D eigenvalue weighted by atomic mass is 9.90. The van der Waals surface area contributed by atoms with Gasteiger partial charge in [-0.25, -0.2) is 9.97 Å².